The number of carboxylic acid groups (broad SMARTS) is 1. The summed E-state index contributed by atoms with van der Waals surface area (Å²) in [6.07, 6.45) is 0.953. The Labute approximate surface area is 124 Å². The van der Waals surface area contributed by atoms with Crippen molar-refractivity contribution in [1.29, 1.82) is 0 Å². The van der Waals surface area contributed by atoms with E-state index in [1.807, 2.05) is 0 Å². The van der Waals surface area contributed by atoms with Gasteiger partial charge in [0.1, 0.15) is 11.9 Å². The Kier molecular flexibility index (Phi) is 3.40. The van der Waals surface area contributed by atoms with E-state index in [1.54, 1.807) is 0 Å². The Morgan fingerprint density at radius 2 is 2.09 bits per heavy atom. The molecule has 3 rings (SSSR count). The van der Waals surface area contributed by atoms with Gasteiger partial charge in [-0.3, -0.25) is 9.59 Å². The molecule has 1 saturated heterocycles. The molecular formula is C15H13FN2O4. The summed E-state index contributed by atoms with van der Waals surface area (Å²) in [5.41, 5.74) is -0.136. The quantitative estimate of drug-likeness (QED) is 0.876. The first kappa shape index (κ1) is 14.2. The molecule has 0 aliphatic carbocycles. The molecule has 1 aromatic carbocycles. The van der Waals surface area contributed by atoms with Crippen molar-refractivity contribution in [3.05, 3.63) is 46.0 Å². The van der Waals surface area contributed by atoms with Crippen LogP contribution in [0.3, 0.4) is 0 Å². The third-order valence-corrected chi connectivity index (χ3v) is 3.83. The summed E-state index contributed by atoms with van der Waals surface area (Å²) in [4.78, 5) is 39.3. The lowest BCUT2D eigenvalue weighted by Crippen LogP contribution is -2.40. The third-order valence-electron chi connectivity index (χ3n) is 3.83. The lowest BCUT2D eigenvalue weighted by Gasteiger charge is -2.22. The molecule has 1 aromatic heterocycles. The van der Waals surface area contributed by atoms with Crippen molar-refractivity contribution in [2.24, 2.45) is 0 Å². The molecule has 1 aliphatic rings. The van der Waals surface area contributed by atoms with Crippen molar-refractivity contribution >= 4 is 22.8 Å². The van der Waals surface area contributed by atoms with Crippen LogP contribution in [0.2, 0.25) is 0 Å². The predicted molar refractivity (Wildman–Crippen MR) is 76.2 cm³/mol. The number of aromatic amines is 1. The summed E-state index contributed by atoms with van der Waals surface area (Å²) in [7, 11) is 0. The maximum absolute atomic E-state index is 13.5. The van der Waals surface area contributed by atoms with Crippen LogP contribution in [0.15, 0.2) is 29.1 Å². The minimum atomic E-state index is -1.08. The number of fused-ring (bicyclic) bond motifs is 1. The van der Waals surface area contributed by atoms with Crippen LogP contribution in [-0.4, -0.2) is 39.5 Å². The van der Waals surface area contributed by atoms with Crippen molar-refractivity contribution in [3.63, 3.8) is 0 Å². The Bertz CT molecular complexity index is 830. The summed E-state index contributed by atoms with van der Waals surface area (Å²) >= 11 is 0. The van der Waals surface area contributed by atoms with Gasteiger partial charge in [-0.1, -0.05) is 0 Å². The van der Waals surface area contributed by atoms with E-state index in [4.69, 9.17) is 5.11 Å². The molecule has 6 nitrogen and oxygen atoms in total. The first-order chi connectivity index (χ1) is 10.5. The molecule has 22 heavy (non-hydrogen) atoms. The summed E-state index contributed by atoms with van der Waals surface area (Å²) in [6, 6.07) is 3.89. The lowest BCUT2D eigenvalue weighted by atomic mass is 10.1. The molecule has 2 aromatic rings. The molecule has 0 unspecified atom stereocenters. The number of likely N-dealkylation sites (tertiary alicyclic amines) is 1. The van der Waals surface area contributed by atoms with Crippen LogP contribution in [0.1, 0.15) is 23.2 Å². The number of benzene rings is 1. The average molecular weight is 304 g/mol. The number of nitrogens with one attached hydrogen (secondary N) is 1. The molecule has 0 spiro atoms. The third kappa shape index (κ3) is 2.34. The number of halogens is 1. The Hall–Kier alpha value is -2.70. The van der Waals surface area contributed by atoms with E-state index in [0.717, 1.165) is 12.1 Å². The minimum Gasteiger partial charge on any atom is -0.480 e. The topological polar surface area (TPSA) is 90.5 Å². The lowest BCUT2D eigenvalue weighted by molar-refractivity contribution is -0.141. The van der Waals surface area contributed by atoms with E-state index in [-0.39, 0.29) is 10.9 Å². The van der Waals surface area contributed by atoms with Crippen molar-refractivity contribution in [3.8, 4) is 0 Å². The van der Waals surface area contributed by atoms with Gasteiger partial charge in [-0.15, -0.1) is 0 Å². The number of H-pyrrole nitrogens is 1. The first-order valence-corrected chi connectivity index (χ1v) is 6.84. The highest BCUT2D eigenvalue weighted by atomic mass is 19.1. The number of rotatable bonds is 2. The smallest absolute Gasteiger partial charge is 0.326 e. The summed E-state index contributed by atoms with van der Waals surface area (Å²) in [5, 5.41) is 9.43. The van der Waals surface area contributed by atoms with Gasteiger partial charge in [0.25, 0.3) is 5.91 Å². The van der Waals surface area contributed by atoms with E-state index in [9.17, 15) is 18.8 Å². The molecule has 7 heteroatoms. The van der Waals surface area contributed by atoms with Crippen molar-refractivity contribution in [2.45, 2.75) is 18.9 Å². The molecule has 1 atom stereocenters. The number of hydrogen-bond donors (Lipinski definition) is 2. The normalized spacial score (nSPS) is 17.9. The molecule has 0 saturated carbocycles. The van der Waals surface area contributed by atoms with Gasteiger partial charge in [0.15, 0.2) is 0 Å². The number of carbonyl (C=O) groups is 2. The maximum Gasteiger partial charge on any atom is 0.326 e. The van der Waals surface area contributed by atoms with E-state index >= 15 is 0 Å². The number of amides is 1. The van der Waals surface area contributed by atoms with Crippen molar-refractivity contribution in [1.82, 2.24) is 9.88 Å². The summed E-state index contributed by atoms with van der Waals surface area (Å²) in [6.45, 7) is 0.305. The standard InChI is InChI=1S/C15H13FN2O4/c16-8-3-4-11-9(6-8)10(7-13(19)17-11)14(20)18-5-1-2-12(18)15(21)22/h3-4,6-7,12H,1-2,5H2,(H,17,19)(H,21,22)/t12-/m1/s1. The van der Waals surface area contributed by atoms with Gasteiger partial charge >= 0.3 is 5.97 Å². The van der Waals surface area contributed by atoms with Gasteiger partial charge < -0.3 is 15.0 Å². The number of carbonyl (C=O) groups excluding carboxylic acids is 1. The van der Waals surface area contributed by atoms with Crippen LogP contribution in [0.25, 0.3) is 10.9 Å². The Balaban J connectivity index is 2.13. The average Bonchev–Trinajstić information content (AvgIpc) is 2.96. The van der Waals surface area contributed by atoms with E-state index in [0.29, 0.717) is 24.9 Å². The zero-order valence-corrected chi connectivity index (χ0v) is 11.5. The fraction of sp³-hybridized carbons (Fsp3) is 0.267. The molecule has 2 heterocycles. The number of hydrogen-bond acceptors (Lipinski definition) is 3. The van der Waals surface area contributed by atoms with Crippen molar-refractivity contribution < 1.29 is 19.1 Å². The van der Waals surface area contributed by atoms with Gasteiger partial charge in [-0.05, 0) is 31.0 Å². The molecular weight excluding hydrogens is 291 g/mol. The van der Waals surface area contributed by atoms with Crippen LogP contribution in [-0.2, 0) is 4.79 Å². The van der Waals surface area contributed by atoms with E-state index in [1.165, 1.54) is 17.0 Å². The van der Waals surface area contributed by atoms with Gasteiger partial charge in [0.05, 0.1) is 5.56 Å². The zero-order chi connectivity index (χ0) is 15.9. The first-order valence-electron chi connectivity index (χ1n) is 6.84. The Morgan fingerprint density at radius 3 is 2.82 bits per heavy atom. The fourth-order valence-corrected chi connectivity index (χ4v) is 2.82. The van der Waals surface area contributed by atoms with Crippen LogP contribution in [0, 0.1) is 5.82 Å². The van der Waals surface area contributed by atoms with Gasteiger partial charge in [0, 0.05) is 23.5 Å². The second-order valence-corrected chi connectivity index (χ2v) is 5.23. The van der Waals surface area contributed by atoms with Crippen LogP contribution >= 0.6 is 0 Å². The van der Waals surface area contributed by atoms with Gasteiger partial charge in [-0.2, -0.15) is 0 Å². The molecule has 1 amide bonds. The SMILES string of the molecule is O=C(O)[C@H]1CCCN1C(=O)c1cc(=O)[nH]c2ccc(F)cc12. The Morgan fingerprint density at radius 1 is 1.32 bits per heavy atom. The molecule has 2 N–H and O–H groups in total. The van der Waals surface area contributed by atoms with Crippen LogP contribution in [0.4, 0.5) is 4.39 Å². The van der Waals surface area contributed by atoms with Crippen LogP contribution < -0.4 is 5.56 Å². The molecule has 1 aliphatic heterocycles. The molecule has 0 radical (unpaired) electrons. The van der Waals surface area contributed by atoms with Crippen molar-refractivity contribution in [2.75, 3.05) is 6.54 Å². The zero-order valence-electron chi connectivity index (χ0n) is 11.5. The summed E-state index contributed by atoms with van der Waals surface area (Å²) in [5.74, 6) is -2.18. The fourth-order valence-electron chi connectivity index (χ4n) is 2.82. The predicted octanol–water partition coefficient (Wildman–Crippen LogP) is 1.36. The molecule has 114 valence electrons. The highest BCUT2D eigenvalue weighted by Gasteiger charge is 2.35. The number of pyridine rings is 1. The highest BCUT2D eigenvalue weighted by Crippen LogP contribution is 2.23. The van der Waals surface area contributed by atoms with Crippen LogP contribution in [0.5, 0.6) is 0 Å². The maximum atomic E-state index is 13.5. The van der Waals surface area contributed by atoms with Gasteiger partial charge in [0.2, 0.25) is 5.56 Å². The summed E-state index contributed by atoms with van der Waals surface area (Å²) < 4.78 is 13.5. The van der Waals surface area contributed by atoms with E-state index in [2.05, 4.69) is 4.98 Å². The van der Waals surface area contributed by atoms with E-state index < -0.39 is 29.3 Å². The molecule has 1 fully saturated rings. The largest absolute Gasteiger partial charge is 0.480 e. The number of aliphatic carboxylic acids is 1. The molecule has 0 bridgehead atoms. The number of aromatic nitrogens is 1. The minimum absolute atomic E-state index is 0.0198. The highest BCUT2D eigenvalue weighted by molar-refractivity contribution is 6.07. The number of nitrogens with zero attached hydrogens (tertiary/aromatic N) is 1. The number of carboxylic acids is 1. The second-order valence-electron chi connectivity index (χ2n) is 5.23. The van der Waals surface area contributed by atoms with Gasteiger partial charge in [-0.25, -0.2) is 9.18 Å². The second kappa shape index (κ2) is 5.25. The monoisotopic (exact) mass is 304 g/mol.